The number of rotatable bonds is 3. The van der Waals surface area contributed by atoms with Gasteiger partial charge < -0.3 is 15.8 Å². The molecule has 3 rings (SSSR count). The molecular weight excluding hydrogens is 268 g/mol. The molecule has 0 aliphatic carbocycles. The number of ether oxygens (including phenoxy) is 1. The third-order valence-corrected chi connectivity index (χ3v) is 3.72. The number of anilines is 2. The van der Waals surface area contributed by atoms with Gasteiger partial charge in [-0.2, -0.15) is 5.10 Å². The van der Waals surface area contributed by atoms with E-state index >= 15 is 0 Å². The first-order valence-electron chi connectivity index (χ1n) is 6.94. The van der Waals surface area contributed by atoms with Gasteiger partial charge in [0, 0.05) is 18.4 Å². The number of carbonyl (C=O) groups excluding carboxylic acids is 1. The average Bonchev–Trinajstić information content (AvgIpc) is 3.10. The molecule has 1 aromatic heterocycles. The summed E-state index contributed by atoms with van der Waals surface area (Å²) in [7, 11) is 0. The second kappa shape index (κ2) is 5.21. The molecule has 0 spiro atoms. The molecule has 1 aromatic carbocycles. The van der Waals surface area contributed by atoms with Crippen LogP contribution in [-0.2, 0) is 9.53 Å². The number of aromatic nitrogens is 2. The minimum absolute atomic E-state index is 0.141. The van der Waals surface area contributed by atoms with Crippen LogP contribution in [0.15, 0.2) is 36.5 Å². The van der Waals surface area contributed by atoms with Crippen LogP contribution in [0.25, 0.3) is 5.69 Å². The Morgan fingerprint density at radius 1 is 1.38 bits per heavy atom. The Morgan fingerprint density at radius 3 is 2.81 bits per heavy atom. The lowest BCUT2D eigenvalue weighted by molar-refractivity contribution is -0.133. The van der Waals surface area contributed by atoms with Gasteiger partial charge in [-0.25, -0.2) is 4.68 Å². The van der Waals surface area contributed by atoms with Crippen molar-refractivity contribution in [3.63, 3.8) is 0 Å². The molecule has 2 aromatic rings. The second-order valence-corrected chi connectivity index (χ2v) is 5.36. The highest BCUT2D eigenvalue weighted by Crippen LogP contribution is 2.27. The molecule has 0 radical (unpaired) electrons. The highest BCUT2D eigenvalue weighted by atomic mass is 16.5. The van der Waals surface area contributed by atoms with E-state index in [1.807, 2.05) is 19.1 Å². The van der Waals surface area contributed by atoms with Gasteiger partial charge in [-0.3, -0.25) is 4.79 Å². The lowest BCUT2D eigenvalue weighted by Gasteiger charge is -2.22. The first-order chi connectivity index (χ1) is 10.1. The highest BCUT2D eigenvalue weighted by Gasteiger charge is 2.38. The average molecular weight is 286 g/mol. The number of nitrogens with one attached hydrogen (secondary N) is 1. The van der Waals surface area contributed by atoms with Crippen LogP contribution in [0.4, 0.5) is 11.5 Å². The number of nitrogens with two attached hydrogens (primary N) is 1. The maximum absolute atomic E-state index is 12.4. The van der Waals surface area contributed by atoms with Crippen molar-refractivity contribution in [2.24, 2.45) is 0 Å². The van der Waals surface area contributed by atoms with E-state index in [2.05, 4.69) is 10.4 Å². The van der Waals surface area contributed by atoms with E-state index in [0.29, 0.717) is 18.1 Å². The zero-order chi connectivity index (χ0) is 14.9. The number of nitrogens with zero attached hydrogens (tertiary/aromatic N) is 2. The van der Waals surface area contributed by atoms with Crippen molar-refractivity contribution in [1.29, 1.82) is 0 Å². The number of hydrogen-bond donors (Lipinski definition) is 2. The van der Waals surface area contributed by atoms with E-state index in [4.69, 9.17) is 10.5 Å². The van der Waals surface area contributed by atoms with Crippen molar-refractivity contribution >= 4 is 17.4 Å². The van der Waals surface area contributed by atoms with E-state index < -0.39 is 5.60 Å². The first kappa shape index (κ1) is 13.6. The van der Waals surface area contributed by atoms with Crippen molar-refractivity contribution in [2.75, 3.05) is 17.7 Å². The molecule has 3 N–H and O–H groups in total. The molecule has 2 heterocycles. The molecule has 6 nitrogen and oxygen atoms in total. The monoisotopic (exact) mass is 286 g/mol. The minimum atomic E-state index is -0.754. The topological polar surface area (TPSA) is 82.2 Å². The molecule has 1 atom stereocenters. The van der Waals surface area contributed by atoms with Gasteiger partial charge in [0.25, 0.3) is 5.91 Å². The standard InChI is InChI=1S/C15H18N4O2/c1-15(8-2-10-21-15)14(20)18-13-7-9-17-19(13)12-5-3-11(16)4-6-12/h3-7,9H,2,8,10,16H2,1H3,(H,18,20). The van der Waals surface area contributed by atoms with Crippen LogP contribution < -0.4 is 11.1 Å². The molecule has 1 unspecified atom stereocenters. The molecule has 6 heteroatoms. The van der Waals surface area contributed by atoms with E-state index in [0.717, 1.165) is 18.5 Å². The van der Waals surface area contributed by atoms with Crippen molar-refractivity contribution < 1.29 is 9.53 Å². The molecule has 1 amide bonds. The Balaban J connectivity index is 1.82. The summed E-state index contributed by atoms with van der Waals surface area (Å²) in [5.74, 6) is 0.471. The predicted molar refractivity (Wildman–Crippen MR) is 80.2 cm³/mol. The van der Waals surface area contributed by atoms with Crippen LogP contribution in [-0.4, -0.2) is 27.9 Å². The van der Waals surface area contributed by atoms with Crippen molar-refractivity contribution in [3.8, 4) is 5.69 Å². The summed E-state index contributed by atoms with van der Waals surface area (Å²) in [4.78, 5) is 12.4. The normalized spacial score (nSPS) is 21.4. The fourth-order valence-corrected chi connectivity index (χ4v) is 2.43. The van der Waals surface area contributed by atoms with E-state index in [-0.39, 0.29) is 5.91 Å². The largest absolute Gasteiger partial charge is 0.399 e. The number of carbonyl (C=O) groups is 1. The van der Waals surface area contributed by atoms with Crippen LogP contribution in [0.3, 0.4) is 0 Å². The summed E-state index contributed by atoms with van der Waals surface area (Å²) in [6.07, 6.45) is 3.28. The third kappa shape index (κ3) is 2.62. The smallest absolute Gasteiger partial charge is 0.257 e. The molecule has 1 aliphatic heterocycles. The molecule has 1 saturated heterocycles. The SMILES string of the molecule is CC1(C(=O)Nc2ccnn2-c2ccc(N)cc2)CCCO1. The van der Waals surface area contributed by atoms with E-state index in [1.54, 1.807) is 29.1 Å². The highest BCUT2D eigenvalue weighted by molar-refractivity contribution is 5.96. The van der Waals surface area contributed by atoms with Gasteiger partial charge in [0.15, 0.2) is 0 Å². The van der Waals surface area contributed by atoms with Crippen LogP contribution >= 0.6 is 0 Å². The van der Waals surface area contributed by atoms with Gasteiger partial charge in [0.05, 0.1) is 11.9 Å². The van der Waals surface area contributed by atoms with Gasteiger partial charge in [0.1, 0.15) is 11.4 Å². The number of benzene rings is 1. The summed E-state index contributed by atoms with van der Waals surface area (Å²) in [5, 5.41) is 7.13. The van der Waals surface area contributed by atoms with Gasteiger partial charge in [-0.15, -0.1) is 0 Å². The third-order valence-electron chi connectivity index (χ3n) is 3.72. The maximum Gasteiger partial charge on any atom is 0.257 e. The molecule has 1 aliphatic rings. The zero-order valence-corrected chi connectivity index (χ0v) is 11.9. The summed E-state index contributed by atoms with van der Waals surface area (Å²) in [6.45, 7) is 2.44. The van der Waals surface area contributed by atoms with Gasteiger partial charge >= 0.3 is 0 Å². The molecule has 1 fully saturated rings. The molecule has 0 bridgehead atoms. The fraction of sp³-hybridized carbons (Fsp3) is 0.333. The number of hydrogen-bond acceptors (Lipinski definition) is 4. The van der Waals surface area contributed by atoms with Gasteiger partial charge in [0.2, 0.25) is 0 Å². The van der Waals surface area contributed by atoms with Crippen LogP contribution in [0.1, 0.15) is 19.8 Å². The minimum Gasteiger partial charge on any atom is -0.399 e. The number of nitrogen functional groups attached to an aromatic ring is 1. The predicted octanol–water partition coefficient (Wildman–Crippen LogP) is 1.96. The van der Waals surface area contributed by atoms with Gasteiger partial charge in [-0.1, -0.05) is 0 Å². The lowest BCUT2D eigenvalue weighted by Crippen LogP contribution is -2.39. The lowest BCUT2D eigenvalue weighted by atomic mass is 10.0. The Morgan fingerprint density at radius 2 is 2.14 bits per heavy atom. The molecule has 110 valence electrons. The number of amides is 1. The molecular formula is C15H18N4O2. The fourth-order valence-electron chi connectivity index (χ4n) is 2.43. The second-order valence-electron chi connectivity index (χ2n) is 5.36. The van der Waals surface area contributed by atoms with Crippen LogP contribution in [0.2, 0.25) is 0 Å². The quantitative estimate of drug-likeness (QED) is 0.845. The molecule has 0 saturated carbocycles. The van der Waals surface area contributed by atoms with Crippen molar-refractivity contribution in [2.45, 2.75) is 25.4 Å². The van der Waals surface area contributed by atoms with Crippen LogP contribution in [0, 0.1) is 0 Å². The summed E-state index contributed by atoms with van der Waals surface area (Å²) >= 11 is 0. The Labute approximate surface area is 122 Å². The van der Waals surface area contributed by atoms with Crippen LogP contribution in [0.5, 0.6) is 0 Å². The Bertz CT molecular complexity index is 642. The molecule has 21 heavy (non-hydrogen) atoms. The van der Waals surface area contributed by atoms with E-state index in [9.17, 15) is 4.79 Å². The Kier molecular flexibility index (Phi) is 3.39. The van der Waals surface area contributed by atoms with E-state index in [1.165, 1.54) is 0 Å². The Hall–Kier alpha value is -2.34. The van der Waals surface area contributed by atoms with Crippen molar-refractivity contribution in [3.05, 3.63) is 36.5 Å². The zero-order valence-electron chi connectivity index (χ0n) is 11.9. The first-order valence-corrected chi connectivity index (χ1v) is 6.94. The summed E-state index contributed by atoms with van der Waals surface area (Å²) in [6, 6.07) is 9.05. The maximum atomic E-state index is 12.4. The van der Waals surface area contributed by atoms with Gasteiger partial charge in [-0.05, 0) is 44.0 Å². The van der Waals surface area contributed by atoms with Crippen molar-refractivity contribution in [1.82, 2.24) is 9.78 Å². The summed E-state index contributed by atoms with van der Waals surface area (Å²) < 4.78 is 7.22. The summed E-state index contributed by atoms with van der Waals surface area (Å²) in [5.41, 5.74) is 6.45.